The minimum Gasteiger partial charge on any atom is -0.481 e. The summed E-state index contributed by atoms with van der Waals surface area (Å²) in [5.74, 6) is -7.53. The Balaban J connectivity index is 1.34. The van der Waals surface area contributed by atoms with Crippen LogP contribution in [-0.4, -0.2) is 206 Å². The van der Waals surface area contributed by atoms with Crippen LogP contribution in [0.15, 0.2) is 47.9 Å². The number of thiazole rings is 1. The summed E-state index contributed by atoms with van der Waals surface area (Å²) < 4.78 is 41.4. The van der Waals surface area contributed by atoms with Gasteiger partial charge in [0.25, 0.3) is 37.1 Å². The number of aliphatic carboxylic acids is 1. The fourth-order valence-corrected chi connectivity index (χ4v) is 14.0. The van der Waals surface area contributed by atoms with Crippen molar-refractivity contribution in [2.45, 2.75) is 123 Å². The molecule has 2 unspecified atom stereocenters. The van der Waals surface area contributed by atoms with Crippen molar-refractivity contribution in [2.24, 2.45) is 17.8 Å². The predicted molar refractivity (Wildman–Crippen MR) is 321 cm³/mol. The second-order valence-corrected chi connectivity index (χ2v) is 27.1. The third-order valence-electron chi connectivity index (χ3n) is 15.7. The van der Waals surface area contributed by atoms with Gasteiger partial charge in [-0.05, 0) is 90.0 Å². The summed E-state index contributed by atoms with van der Waals surface area (Å²) in [7, 11) is 0.403. The minimum absolute atomic E-state index is 0.0527. The van der Waals surface area contributed by atoms with E-state index in [0.717, 1.165) is 64.8 Å². The zero-order chi connectivity index (χ0) is 64.6. The van der Waals surface area contributed by atoms with Crippen LogP contribution >= 0.6 is 27.2 Å². The number of esters is 1. The molecule has 31 heteroatoms. The van der Waals surface area contributed by atoms with E-state index in [1.54, 1.807) is 11.9 Å². The number of likely N-dealkylation sites (N-methyl/N-ethyl adjacent to an activating group) is 4. The van der Waals surface area contributed by atoms with Gasteiger partial charge >= 0.3 is 20.2 Å². The molecule has 0 aliphatic carbocycles. The second-order valence-electron chi connectivity index (χ2n) is 22.4. The number of nitrogens with zero attached hydrogens (tertiary/aromatic N) is 8. The van der Waals surface area contributed by atoms with E-state index in [4.69, 9.17) is 9.62 Å². The number of likely N-dealkylation sites (tertiary alicyclic amines) is 1. The maximum absolute atomic E-state index is 15.2. The molecule has 0 saturated carbocycles. The van der Waals surface area contributed by atoms with Crippen molar-refractivity contribution in [2.75, 3.05) is 79.8 Å². The molecule has 480 valence electrons. The molecule has 87 heavy (non-hydrogen) atoms. The number of rotatable bonds is 34. The zero-order valence-corrected chi connectivity index (χ0v) is 53.8. The smallest absolute Gasteiger partial charge is 0.355 e. The first kappa shape index (κ1) is 71.2. The molecule has 5 N–H and O–H groups in total. The number of benzene rings is 1. The van der Waals surface area contributed by atoms with Gasteiger partial charge in [-0.3, -0.25) is 71.8 Å². The molecule has 3 aliphatic rings. The van der Waals surface area contributed by atoms with Gasteiger partial charge in [0.05, 0.1) is 17.6 Å². The van der Waals surface area contributed by atoms with Gasteiger partial charge in [-0.1, -0.05) is 53.5 Å². The molecule has 0 bridgehead atoms. The Hall–Kier alpha value is -6.55. The van der Waals surface area contributed by atoms with Gasteiger partial charge in [0.1, 0.15) is 16.7 Å². The van der Waals surface area contributed by atoms with Crippen molar-refractivity contribution < 1.29 is 81.4 Å². The number of carboxylic acids is 1. The quantitative estimate of drug-likeness (QED) is 0.0218. The van der Waals surface area contributed by atoms with E-state index in [2.05, 4.69) is 25.6 Å². The number of nitrogens with one attached hydrogen (secondary N) is 3. The van der Waals surface area contributed by atoms with E-state index >= 15 is 4.57 Å². The van der Waals surface area contributed by atoms with Gasteiger partial charge in [-0.15, -0.1) is 16.0 Å². The highest BCUT2D eigenvalue weighted by Crippen LogP contribution is 2.54. The van der Waals surface area contributed by atoms with Gasteiger partial charge < -0.3 is 40.5 Å². The molecule has 5 rings (SSSR count). The maximum atomic E-state index is 15.2. The monoisotopic (exact) mass is 1280 g/mol. The summed E-state index contributed by atoms with van der Waals surface area (Å²) in [5.41, 5.74) is 0.238. The summed E-state index contributed by atoms with van der Waals surface area (Å²) in [6, 6.07) is 1.59. The van der Waals surface area contributed by atoms with Crippen LogP contribution in [0.5, 0.6) is 5.75 Å². The molecule has 2 aromatic rings. The molecular formula is C56H83N11O17P2S. The van der Waals surface area contributed by atoms with E-state index in [-0.39, 0.29) is 110 Å². The first-order valence-electron chi connectivity index (χ1n) is 28.7. The number of piperidine rings is 1. The third kappa shape index (κ3) is 19.5. The topological polar surface area (TPSA) is 345 Å². The molecule has 1 aromatic carbocycles. The number of imide groups is 2. The summed E-state index contributed by atoms with van der Waals surface area (Å²) >= 11 is 1.04. The van der Waals surface area contributed by atoms with E-state index in [1.165, 1.54) is 72.6 Å². The number of hydrogen-bond donors (Lipinski definition) is 5. The normalized spacial score (nSPS) is 18.0. The lowest BCUT2D eigenvalue weighted by atomic mass is 9.92. The van der Waals surface area contributed by atoms with E-state index in [0.29, 0.717) is 18.4 Å². The minimum atomic E-state index is -3.92. The summed E-state index contributed by atoms with van der Waals surface area (Å²) in [6.45, 7) is 10.5. The van der Waals surface area contributed by atoms with Crippen LogP contribution in [0.3, 0.4) is 0 Å². The van der Waals surface area contributed by atoms with Crippen LogP contribution < -0.4 is 20.8 Å². The fraction of sp³-hybridized carbons (Fsp3) is 0.589. The van der Waals surface area contributed by atoms with Gasteiger partial charge in [0.2, 0.25) is 17.7 Å². The Bertz CT molecular complexity index is 2910. The van der Waals surface area contributed by atoms with Crippen molar-refractivity contribution in [3.8, 4) is 5.75 Å². The number of hydrogen-bond acceptors (Lipinski definition) is 18. The molecule has 28 nitrogen and oxygen atoms in total. The Morgan fingerprint density at radius 3 is 1.98 bits per heavy atom. The van der Waals surface area contributed by atoms with Crippen molar-refractivity contribution in [3.05, 3.63) is 64.1 Å². The molecule has 1 fully saturated rings. The number of carbonyl (C=O) groups excluding carboxylic acids is 9. The third-order valence-corrected chi connectivity index (χ3v) is 20.2. The van der Waals surface area contributed by atoms with Crippen molar-refractivity contribution >= 4 is 92.1 Å². The molecule has 4 heterocycles. The van der Waals surface area contributed by atoms with Crippen molar-refractivity contribution in [1.29, 1.82) is 0 Å². The number of anilines is 1. The summed E-state index contributed by atoms with van der Waals surface area (Å²) in [5, 5.41) is 20.3. The Labute approximate surface area is 511 Å². The fourth-order valence-electron chi connectivity index (χ4n) is 10.4. The van der Waals surface area contributed by atoms with E-state index in [1.807, 2.05) is 39.6 Å². The molecule has 3 aliphatic heterocycles. The Kier molecular flexibility index (Phi) is 26.7. The SMILES string of the molecule is CC[C@H](C)[C@@H](NC(=O)[C@@H]1CCCCN1C)C(=O)N(C)[C@H](C[C@@H](OC(C)=O)c1nc(C(=O)N[C@@H](Cc2ccc(OO[PH](=O)O)c(NC(=O)CCN(C)P(=O)(N(C)CCN3C(=O)C=CC3=O)N(C)CCN3C(=O)C=CC3=O)c2)CC(C)C(=O)O)cs1)C(C)C. The summed E-state index contributed by atoms with van der Waals surface area (Å²) in [4.78, 5) is 155. The predicted octanol–water partition coefficient (Wildman–Crippen LogP) is 3.86. The van der Waals surface area contributed by atoms with E-state index in [9.17, 15) is 62.5 Å². The first-order chi connectivity index (χ1) is 41.0. The molecular weight excluding hydrogens is 1190 g/mol. The first-order valence-corrected chi connectivity index (χ1v) is 32.4. The lowest BCUT2D eigenvalue weighted by molar-refractivity contribution is -0.149. The Morgan fingerprint density at radius 2 is 1.45 bits per heavy atom. The average molecular weight is 1280 g/mol. The van der Waals surface area contributed by atoms with Crippen LogP contribution in [0.2, 0.25) is 0 Å². The zero-order valence-electron chi connectivity index (χ0n) is 51.1. The molecule has 8 atom stereocenters. The van der Waals surface area contributed by atoms with E-state index < -0.39 is 93.4 Å². The molecule has 1 aromatic heterocycles. The van der Waals surface area contributed by atoms with Crippen LogP contribution in [-0.2, 0) is 68.1 Å². The number of amides is 8. The largest absolute Gasteiger partial charge is 0.481 e. The molecule has 1 saturated heterocycles. The van der Waals surface area contributed by atoms with Crippen LogP contribution in [0.1, 0.15) is 114 Å². The van der Waals surface area contributed by atoms with Crippen LogP contribution in [0.4, 0.5) is 5.69 Å². The standard InChI is InChI=1S/C56H83N11O17P2S/c1-12-35(4)51(60-53(75)42-15-13-14-23-61(42)7)55(76)65(11)43(34(2)3)32-45(82-37(6)68)54-59-41(33-87-54)52(74)57-39(29-36(5)56(77)78)30-38-16-17-44(83-84-85(79)80)40(31-38)58-46(69)22-24-62(8)86(81,63(9)25-27-66-47(70)18-19-48(66)71)64(10)26-28-67-49(72)20-21-50(67)73/h16-21,31,33-36,39,42-43,45,51,85H,12-15,22-30,32H2,1-11H3,(H,57,74)(H,58,69)(H,60,75)(H,77,78)(H,79,80)/t35-,36?,39+,42-,43+,45+,51+/m0/s1. The highest BCUT2D eigenvalue weighted by molar-refractivity contribution is 7.56. The number of carbonyl (C=O) groups is 10. The van der Waals surface area contributed by atoms with Gasteiger partial charge in [-0.2, -0.15) is 0 Å². The highest BCUT2D eigenvalue weighted by atomic mass is 32.1. The Morgan fingerprint density at radius 1 is 0.862 bits per heavy atom. The number of aromatic nitrogens is 1. The maximum Gasteiger partial charge on any atom is 0.355 e. The van der Waals surface area contributed by atoms with Crippen molar-refractivity contribution in [3.63, 3.8) is 0 Å². The second kappa shape index (κ2) is 32.6. The van der Waals surface area contributed by atoms with Crippen LogP contribution in [0, 0.1) is 17.8 Å². The van der Waals surface area contributed by atoms with Gasteiger partial charge in [-0.25, -0.2) is 19.0 Å². The number of carboxylic acid groups (broad SMARTS) is 1. The van der Waals surface area contributed by atoms with Crippen molar-refractivity contribution in [1.82, 2.24) is 49.2 Å². The van der Waals surface area contributed by atoms with Gasteiger partial charge in [0.15, 0.2) is 11.9 Å². The molecule has 0 spiro atoms. The van der Waals surface area contributed by atoms with Crippen LogP contribution in [0.25, 0.3) is 0 Å². The molecule has 0 radical (unpaired) electrons. The molecule has 8 amide bonds. The lowest BCUT2D eigenvalue weighted by Crippen LogP contribution is -2.58. The lowest BCUT2D eigenvalue weighted by Gasteiger charge is -2.41. The summed E-state index contributed by atoms with van der Waals surface area (Å²) in [6.07, 6.45) is 6.19. The number of ether oxygens (including phenoxy) is 1. The average Bonchev–Trinajstić information content (AvgIpc) is 3.06. The van der Waals surface area contributed by atoms with Gasteiger partial charge in [0, 0.05) is 101 Å². The highest BCUT2D eigenvalue weighted by Gasteiger charge is 2.41.